The third-order valence-corrected chi connectivity index (χ3v) is 6.11. The van der Waals surface area contributed by atoms with Crippen molar-refractivity contribution >= 4 is 22.9 Å². The van der Waals surface area contributed by atoms with E-state index in [0.29, 0.717) is 24.0 Å². The molecule has 4 rings (SSSR count). The Kier molecular flexibility index (Phi) is 5.09. The second-order valence-corrected chi connectivity index (χ2v) is 7.82. The van der Waals surface area contributed by atoms with Crippen LogP contribution in [0.15, 0.2) is 33.5 Å². The van der Waals surface area contributed by atoms with Crippen molar-refractivity contribution in [2.75, 3.05) is 4.90 Å². The lowest BCUT2D eigenvalue weighted by Gasteiger charge is -2.43. The molecule has 0 aliphatic heterocycles. The van der Waals surface area contributed by atoms with E-state index in [1.54, 1.807) is 6.07 Å². The summed E-state index contributed by atoms with van der Waals surface area (Å²) < 4.78 is 5.44. The highest BCUT2D eigenvalue weighted by Gasteiger charge is 2.29. The van der Waals surface area contributed by atoms with Gasteiger partial charge in [-0.1, -0.05) is 38.5 Å². The first-order valence-electron chi connectivity index (χ1n) is 10.1. The molecule has 1 aromatic carbocycles. The Morgan fingerprint density at radius 3 is 2.08 bits per heavy atom. The third kappa shape index (κ3) is 3.42. The fraction of sp³-hybridized carbons (Fsp3) is 0.545. The van der Waals surface area contributed by atoms with Gasteiger partial charge in [0.1, 0.15) is 11.1 Å². The monoisotopic (exact) mass is 353 g/mol. The standard InChI is InChI=1S/C22H27NO3/c24-15-17-13-16-11-12-20(14-21(16)26-22(17)25)23(18-7-3-1-4-8-18)19-9-5-2-6-10-19/h11-15,18-19H,1-10H2. The second-order valence-electron chi connectivity index (χ2n) is 7.82. The van der Waals surface area contributed by atoms with Crippen LogP contribution in [-0.4, -0.2) is 18.4 Å². The topological polar surface area (TPSA) is 50.5 Å². The van der Waals surface area contributed by atoms with E-state index >= 15 is 0 Å². The molecule has 2 aliphatic rings. The lowest BCUT2D eigenvalue weighted by Crippen LogP contribution is -2.45. The molecule has 1 aromatic heterocycles. The minimum Gasteiger partial charge on any atom is -0.422 e. The largest absolute Gasteiger partial charge is 0.422 e. The third-order valence-electron chi connectivity index (χ3n) is 6.11. The van der Waals surface area contributed by atoms with Gasteiger partial charge in [-0.3, -0.25) is 4.79 Å². The Balaban J connectivity index is 1.73. The number of aldehydes is 1. The molecule has 0 spiro atoms. The van der Waals surface area contributed by atoms with E-state index in [2.05, 4.69) is 11.0 Å². The summed E-state index contributed by atoms with van der Waals surface area (Å²) in [7, 11) is 0. The Morgan fingerprint density at radius 2 is 1.50 bits per heavy atom. The van der Waals surface area contributed by atoms with Crippen LogP contribution < -0.4 is 10.5 Å². The molecule has 0 bridgehead atoms. The molecular weight excluding hydrogens is 326 g/mol. The van der Waals surface area contributed by atoms with Crippen molar-refractivity contribution in [1.82, 2.24) is 0 Å². The van der Waals surface area contributed by atoms with Crippen molar-refractivity contribution in [3.05, 3.63) is 40.2 Å². The first kappa shape index (κ1) is 17.3. The van der Waals surface area contributed by atoms with Gasteiger partial charge in [0, 0.05) is 29.2 Å². The highest BCUT2D eigenvalue weighted by Crippen LogP contribution is 2.35. The van der Waals surface area contributed by atoms with Gasteiger partial charge in [-0.25, -0.2) is 4.79 Å². The maximum Gasteiger partial charge on any atom is 0.346 e. The molecule has 1 heterocycles. The van der Waals surface area contributed by atoms with Crippen LogP contribution in [0.25, 0.3) is 11.0 Å². The maximum absolute atomic E-state index is 11.9. The van der Waals surface area contributed by atoms with E-state index in [0.717, 1.165) is 5.39 Å². The molecule has 26 heavy (non-hydrogen) atoms. The van der Waals surface area contributed by atoms with Crippen molar-refractivity contribution in [3.8, 4) is 0 Å². The first-order chi connectivity index (χ1) is 12.8. The van der Waals surface area contributed by atoms with Crippen LogP contribution in [0.2, 0.25) is 0 Å². The van der Waals surface area contributed by atoms with Gasteiger partial charge in [0.2, 0.25) is 0 Å². The molecule has 0 unspecified atom stereocenters. The summed E-state index contributed by atoms with van der Waals surface area (Å²) >= 11 is 0. The Bertz CT molecular complexity index is 811. The summed E-state index contributed by atoms with van der Waals surface area (Å²) in [5.41, 5.74) is 1.28. The van der Waals surface area contributed by atoms with Crippen molar-refractivity contribution in [2.45, 2.75) is 76.3 Å². The zero-order valence-corrected chi connectivity index (χ0v) is 15.3. The normalized spacial score (nSPS) is 19.5. The van der Waals surface area contributed by atoms with Crippen LogP contribution in [0.5, 0.6) is 0 Å². The van der Waals surface area contributed by atoms with Crippen LogP contribution in [0, 0.1) is 0 Å². The maximum atomic E-state index is 11.9. The number of hydrogen-bond acceptors (Lipinski definition) is 4. The molecule has 0 atom stereocenters. The molecule has 138 valence electrons. The fourth-order valence-electron chi connectivity index (χ4n) is 4.80. The first-order valence-corrected chi connectivity index (χ1v) is 10.1. The van der Waals surface area contributed by atoms with E-state index in [-0.39, 0.29) is 5.56 Å². The summed E-state index contributed by atoms with van der Waals surface area (Å²) in [6.45, 7) is 0. The minimum atomic E-state index is -0.550. The van der Waals surface area contributed by atoms with E-state index < -0.39 is 5.63 Å². The van der Waals surface area contributed by atoms with Gasteiger partial charge in [-0.15, -0.1) is 0 Å². The molecule has 4 nitrogen and oxygen atoms in total. The fourth-order valence-corrected chi connectivity index (χ4v) is 4.80. The number of nitrogens with zero attached hydrogens (tertiary/aromatic N) is 1. The van der Waals surface area contributed by atoms with Crippen LogP contribution in [-0.2, 0) is 0 Å². The summed E-state index contributed by atoms with van der Waals surface area (Å²) in [6, 6.07) is 8.94. The molecule has 2 saturated carbocycles. The lowest BCUT2D eigenvalue weighted by molar-refractivity contribution is 0.112. The van der Waals surface area contributed by atoms with Crippen molar-refractivity contribution in [3.63, 3.8) is 0 Å². The van der Waals surface area contributed by atoms with E-state index in [4.69, 9.17) is 4.42 Å². The number of benzene rings is 1. The van der Waals surface area contributed by atoms with Gasteiger partial charge in [0.05, 0.1) is 0 Å². The summed E-state index contributed by atoms with van der Waals surface area (Å²) in [6.07, 6.45) is 13.5. The van der Waals surface area contributed by atoms with Gasteiger partial charge in [0.25, 0.3) is 0 Å². The number of rotatable bonds is 4. The van der Waals surface area contributed by atoms with E-state index in [9.17, 15) is 9.59 Å². The van der Waals surface area contributed by atoms with Crippen molar-refractivity contribution in [1.29, 1.82) is 0 Å². The summed E-state index contributed by atoms with van der Waals surface area (Å²) in [5.74, 6) is 0. The number of carbonyl (C=O) groups excluding carboxylic acids is 1. The molecule has 0 amide bonds. The SMILES string of the molecule is O=Cc1cc2ccc(N(C3CCCCC3)C3CCCCC3)cc2oc1=O. The lowest BCUT2D eigenvalue weighted by atomic mass is 9.88. The number of carbonyl (C=O) groups is 1. The van der Waals surface area contributed by atoms with Gasteiger partial charge in [0.15, 0.2) is 6.29 Å². The Labute approximate surface area is 154 Å². The second kappa shape index (κ2) is 7.65. The van der Waals surface area contributed by atoms with Crippen LogP contribution >= 0.6 is 0 Å². The molecule has 4 heteroatoms. The molecule has 2 fully saturated rings. The van der Waals surface area contributed by atoms with Gasteiger partial charge < -0.3 is 9.32 Å². The van der Waals surface area contributed by atoms with Gasteiger partial charge in [-0.2, -0.15) is 0 Å². The van der Waals surface area contributed by atoms with Gasteiger partial charge in [-0.05, 0) is 43.9 Å². The molecular formula is C22H27NO3. The summed E-state index contributed by atoms with van der Waals surface area (Å²) in [4.78, 5) is 25.6. The van der Waals surface area contributed by atoms with Crippen molar-refractivity contribution < 1.29 is 9.21 Å². The van der Waals surface area contributed by atoms with Crippen LogP contribution in [0.3, 0.4) is 0 Å². The van der Waals surface area contributed by atoms with Crippen LogP contribution in [0.4, 0.5) is 5.69 Å². The van der Waals surface area contributed by atoms with Crippen LogP contribution in [0.1, 0.15) is 74.6 Å². The molecule has 0 radical (unpaired) electrons. The molecule has 2 aliphatic carbocycles. The quantitative estimate of drug-likeness (QED) is 0.568. The zero-order valence-electron chi connectivity index (χ0n) is 15.3. The Hall–Kier alpha value is -2.10. The average Bonchev–Trinajstić information content (AvgIpc) is 2.69. The van der Waals surface area contributed by atoms with E-state index in [1.165, 1.54) is 69.9 Å². The molecule has 0 N–H and O–H groups in total. The highest BCUT2D eigenvalue weighted by atomic mass is 16.4. The van der Waals surface area contributed by atoms with Gasteiger partial charge >= 0.3 is 5.63 Å². The van der Waals surface area contributed by atoms with Crippen molar-refractivity contribution in [2.24, 2.45) is 0 Å². The number of fused-ring (bicyclic) bond motifs is 1. The predicted molar refractivity (Wildman–Crippen MR) is 104 cm³/mol. The zero-order chi connectivity index (χ0) is 17.9. The average molecular weight is 353 g/mol. The molecule has 0 saturated heterocycles. The minimum absolute atomic E-state index is 0.0849. The smallest absolute Gasteiger partial charge is 0.346 e. The Morgan fingerprint density at radius 1 is 0.885 bits per heavy atom. The highest BCUT2D eigenvalue weighted by molar-refractivity contribution is 5.86. The summed E-state index contributed by atoms with van der Waals surface area (Å²) in [5, 5.41) is 0.808. The predicted octanol–water partition coefficient (Wildman–Crippen LogP) is 5.08. The van der Waals surface area contributed by atoms with E-state index in [1.807, 2.05) is 12.1 Å². The molecule has 2 aromatic rings. The number of anilines is 1. The number of hydrogen-bond donors (Lipinski definition) is 0.